The Bertz CT molecular complexity index is 98.5. The molecule has 0 aliphatic heterocycles. The van der Waals surface area contributed by atoms with Gasteiger partial charge < -0.3 is 0 Å². The largest absolute Gasteiger partial charge is 0.161 e. The molecule has 52 valence electrons. The van der Waals surface area contributed by atoms with E-state index in [1.54, 1.807) is 17.2 Å². The quantitative estimate of drug-likeness (QED) is 0.379. The molecule has 1 atom stereocenters. The van der Waals surface area contributed by atoms with Crippen LogP contribution in [0.1, 0.15) is 0 Å². The Morgan fingerprint density at radius 1 is 1.67 bits per heavy atom. The van der Waals surface area contributed by atoms with Crippen molar-refractivity contribution < 1.29 is 0 Å². The summed E-state index contributed by atoms with van der Waals surface area (Å²) in [5.41, 5.74) is 0. The predicted octanol–water partition coefficient (Wildman–Crippen LogP) is 2.61. The highest BCUT2D eigenvalue weighted by Gasteiger charge is 1.92. The molecule has 0 aromatic heterocycles. The summed E-state index contributed by atoms with van der Waals surface area (Å²) in [5, 5.41) is 1.70. The normalized spacial score (nSPS) is 14.0. The second kappa shape index (κ2) is 6.65. The first-order chi connectivity index (χ1) is 4.31. The van der Waals surface area contributed by atoms with Crippen LogP contribution in [0.25, 0.3) is 0 Å². The van der Waals surface area contributed by atoms with E-state index < -0.39 is 0 Å². The van der Waals surface area contributed by atoms with Crippen LogP contribution in [0.2, 0.25) is 0 Å². The molecule has 0 heterocycles. The molecule has 0 saturated heterocycles. The van der Waals surface area contributed by atoms with Crippen molar-refractivity contribution in [2.24, 2.45) is 0 Å². The molecule has 0 bridgehead atoms. The maximum absolute atomic E-state index is 4.22. The lowest BCUT2D eigenvalue weighted by atomic mass is 10.7. The fourth-order valence-corrected chi connectivity index (χ4v) is 1.59. The second-order valence-electron chi connectivity index (χ2n) is 1.35. The molecular formula is C6H10S3. The van der Waals surface area contributed by atoms with Gasteiger partial charge in [0.05, 0.1) is 4.58 Å². The van der Waals surface area contributed by atoms with E-state index >= 15 is 0 Å². The van der Waals surface area contributed by atoms with E-state index in [4.69, 9.17) is 0 Å². The molecule has 0 rings (SSSR count). The molecule has 0 nitrogen and oxygen atoms in total. The van der Waals surface area contributed by atoms with Gasteiger partial charge >= 0.3 is 0 Å². The van der Waals surface area contributed by atoms with Crippen LogP contribution >= 0.6 is 37.0 Å². The third kappa shape index (κ3) is 6.41. The predicted molar refractivity (Wildman–Crippen MR) is 53.6 cm³/mol. The highest BCUT2D eigenvalue weighted by molar-refractivity contribution is 8.10. The van der Waals surface area contributed by atoms with Gasteiger partial charge in [0.2, 0.25) is 0 Å². The maximum atomic E-state index is 4.22. The fourth-order valence-electron chi connectivity index (χ4n) is 0.296. The van der Waals surface area contributed by atoms with E-state index in [-0.39, 0.29) is 4.58 Å². The second-order valence-corrected chi connectivity index (χ2v) is 3.73. The average Bonchev–Trinajstić information content (AvgIpc) is 1.85. The molecule has 0 fully saturated rings. The number of thiol groups is 2. The number of thioether (sulfide) groups is 1. The smallest absolute Gasteiger partial charge is 0.0663 e. The third-order valence-electron chi connectivity index (χ3n) is 0.636. The number of hydrogen-bond donors (Lipinski definition) is 2. The zero-order chi connectivity index (χ0) is 7.11. The maximum Gasteiger partial charge on any atom is 0.0663 e. The topological polar surface area (TPSA) is 0 Å². The standard InChI is InChI=1S/C6H10S3/c1-2-5-9-6(8)3-4-7/h2-4,6-8H,1,5H2. The molecule has 3 heteroatoms. The zero-order valence-corrected chi connectivity index (χ0v) is 7.63. The first-order valence-electron chi connectivity index (χ1n) is 2.52. The molecule has 0 aromatic carbocycles. The van der Waals surface area contributed by atoms with Gasteiger partial charge in [-0.3, -0.25) is 0 Å². The van der Waals surface area contributed by atoms with Crippen molar-refractivity contribution in [3.63, 3.8) is 0 Å². The lowest BCUT2D eigenvalue weighted by Crippen LogP contribution is -1.84. The van der Waals surface area contributed by atoms with Crippen molar-refractivity contribution in [3.05, 3.63) is 24.1 Å². The minimum absolute atomic E-state index is 0.250. The first-order valence-corrected chi connectivity index (χ1v) is 4.61. The Morgan fingerprint density at radius 2 is 2.33 bits per heavy atom. The SMILES string of the molecule is C=CCSC(S)C=CS. The van der Waals surface area contributed by atoms with E-state index in [1.165, 1.54) is 0 Å². The molecule has 0 radical (unpaired) electrons. The summed E-state index contributed by atoms with van der Waals surface area (Å²) < 4.78 is 0.250. The van der Waals surface area contributed by atoms with Crippen LogP contribution in [0.3, 0.4) is 0 Å². The molecule has 0 spiro atoms. The van der Waals surface area contributed by atoms with E-state index in [1.807, 2.05) is 12.2 Å². The van der Waals surface area contributed by atoms with Gasteiger partial charge in [0.1, 0.15) is 0 Å². The molecule has 0 amide bonds. The van der Waals surface area contributed by atoms with Crippen molar-refractivity contribution in [2.45, 2.75) is 4.58 Å². The van der Waals surface area contributed by atoms with Gasteiger partial charge in [0, 0.05) is 5.75 Å². The molecule has 0 N–H and O–H groups in total. The lowest BCUT2D eigenvalue weighted by molar-refractivity contribution is 1.66. The van der Waals surface area contributed by atoms with Gasteiger partial charge in [-0.2, -0.15) is 25.3 Å². The minimum Gasteiger partial charge on any atom is -0.161 e. The minimum atomic E-state index is 0.250. The van der Waals surface area contributed by atoms with E-state index in [2.05, 4.69) is 31.8 Å². The molecule has 0 aliphatic rings. The zero-order valence-electron chi connectivity index (χ0n) is 5.03. The highest BCUT2D eigenvalue weighted by atomic mass is 32.2. The Kier molecular flexibility index (Phi) is 7.04. The molecule has 0 saturated carbocycles. The Morgan fingerprint density at radius 3 is 2.78 bits per heavy atom. The Hall–Kier alpha value is 0.530. The molecular weight excluding hydrogens is 168 g/mol. The van der Waals surface area contributed by atoms with Crippen LogP contribution < -0.4 is 0 Å². The average molecular weight is 178 g/mol. The number of rotatable bonds is 4. The summed E-state index contributed by atoms with van der Waals surface area (Å²) in [6.45, 7) is 3.59. The van der Waals surface area contributed by atoms with Crippen molar-refractivity contribution in [3.8, 4) is 0 Å². The summed E-state index contributed by atoms with van der Waals surface area (Å²) >= 11 is 9.85. The van der Waals surface area contributed by atoms with Crippen LogP contribution in [0.4, 0.5) is 0 Å². The van der Waals surface area contributed by atoms with Crippen LogP contribution in [-0.2, 0) is 0 Å². The van der Waals surface area contributed by atoms with Gasteiger partial charge in [0.25, 0.3) is 0 Å². The van der Waals surface area contributed by atoms with Gasteiger partial charge in [-0.1, -0.05) is 12.2 Å². The van der Waals surface area contributed by atoms with Crippen LogP contribution in [0.5, 0.6) is 0 Å². The van der Waals surface area contributed by atoms with Crippen molar-refractivity contribution >= 4 is 37.0 Å². The van der Waals surface area contributed by atoms with E-state index in [0.717, 1.165) is 5.75 Å². The van der Waals surface area contributed by atoms with Gasteiger partial charge in [-0.25, -0.2) is 0 Å². The Labute approximate surface area is 71.6 Å². The van der Waals surface area contributed by atoms with Crippen LogP contribution in [0.15, 0.2) is 24.1 Å². The molecule has 0 aromatic rings. The van der Waals surface area contributed by atoms with Gasteiger partial charge in [-0.15, -0.1) is 18.3 Å². The van der Waals surface area contributed by atoms with Crippen molar-refractivity contribution in [1.82, 2.24) is 0 Å². The van der Waals surface area contributed by atoms with E-state index in [0.29, 0.717) is 0 Å². The monoisotopic (exact) mass is 178 g/mol. The Balaban J connectivity index is 3.25. The fraction of sp³-hybridized carbons (Fsp3) is 0.333. The van der Waals surface area contributed by atoms with E-state index in [9.17, 15) is 0 Å². The van der Waals surface area contributed by atoms with Crippen LogP contribution in [0, 0.1) is 0 Å². The lowest BCUT2D eigenvalue weighted by Gasteiger charge is -1.99. The van der Waals surface area contributed by atoms with Crippen molar-refractivity contribution in [1.29, 1.82) is 0 Å². The van der Waals surface area contributed by atoms with Gasteiger partial charge in [0.15, 0.2) is 0 Å². The third-order valence-corrected chi connectivity index (χ3v) is 2.35. The summed E-state index contributed by atoms with van der Waals surface area (Å²) in [6, 6.07) is 0. The molecule has 1 unspecified atom stereocenters. The van der Waals surface area contributed by atoms with Gasteiger partial charge in [-0.05, 0) is 5.41 Å². The van der Waals surface area contributed by atoms with Crippen molar-refractivity contribution in [2.75, 3.05) is 5.75 Å². The molecule has 0 aliphatic carbocycles. The summed E-state index contributed by atoms with van der Waals surface area (Å²) in [5.74, 6) is 0.937. The summed E-state index contributed by atoms with van der Waals surface area (Å²) in [7, 11) is 0. The first kappa shape index (κ1) is 9.53. The summed E-state index contributed by atoms with van der Waals surface area (Å²) in [4.78, 5) is 0. The highest BCUT2D eigenvalue weighted by Crippen LogP contribution is 2.15. The van der Waals surface area contributed by atoms with Crippen LogP contribution in [-0.4, -0.2) is 10.3 Å². The number of hydrogen-bond acceptors (Lipinski definition) is 3. The summed E-state index contributed by atoms with van der Waals surface area (Å²) in [6.07, 6.45) is 3.78. The molecule has 9 heavy (non-hydrogen) atoms.